The van der Waals surface area contributed by atoms with Crippen LogP contribution >= 0.6 is 0 Å². The van der Waals surface area contributed by atoms with E-state index in [1.807, 2.05) is 39.5 Å². The number of nitrogens with zero attached hydrogens (tertiary/aromatic N) is 4. The molecule has 26 heavy (non-hydrogen) atoms. The second kappa shape index (κ2) is 6.52. The number of carbonyl (C=O) groups is 2. The number of aromatic nitrogens is 2. The fourth-order valence-corrected chi connectivity index (χ4v) is 3.57. The average Bonchev–Trinajstić information content (AvgIpc) is 2.86. The first kappa shape index (κ1) is 18.6. The van der Waals surface area contributed by atoms with Crippen molar-refractivity contribution in [2.45, 2.75) is 58.9 Å². The zero-order valence-corrected chi connectivity index (χ0v) is 16.3. The van der Waals surface area contributed by atoms with E-state index in [1.54, 1.807) is 17.3 Å². The van der Waals surface area contributed by atoms with Gasteiger partial charge in [-0.3, -0.25) is 14.7 Å². The van der Waals surface area contributed by atoms with E-state index >= 15 is 0 Å². The summed E-state index contributed by atoms with van der Waals surface area (Å²) in [7, 11) is 0. The number of anilines is 1. The molecule has 2 fully saturated rings. The van der Waals surface area contributed by atoms with Crippen molar-refractivity contribution in [1.82, 2.24) is 14.9 Å². The summed E-state index contributed by atoms with van der Waals surface area (Å²) in [4.78, 5) is 37.2. The lowest BCUT2D eigenvalue weighted by molar-refractivity contribution is -0.140. The van der Waals surface area contributed by atoms with Gasteiger partial charge in [0.05, 0.1) is 17.4 Å². The molecule has 0 spiro atoms. The van der Waals surface area contributed by atoms with Gasteiger partial charge in [-0.1, -0.05) is 20.8 Å². The second-order valence-corrected chi connectivity index (χ2v) is 8.84. The summed E-state index contributed by atoms with van der Waals surface area (Å²) in [6.07, 6.45) is 4.84. The summed E-state index contributed by atoms with van der Waals surface area (Å²) in [6, 6.07) is 0. The summed E-state index contributed by atoms with van der Waals surface area (Å²) >= 11 is 0. The van der Waals surface area contributed by atoms with Crippen molar-refractivity contribution >= 4 is 17.8 Å². The summed E-state index contributed by atoms with van der Waals surface area (Å²) in [5, 5.41) is 0. The topological polar surface area (TPSA) is 75.6 Å². The van der Waals surface area contributed by atoms with Gasteiger partial charge in [-0.05, 0) is 26.7 Å². The number of amides is 2. The van der Waals surface area contributed by atoms with Crippen LogP contribution in [-0.2, 0) is 9.53 Å². The second-order valence-electron chi connectivity index (χ2n) is 8.84. The highest BCUT2D eigenvalue weighted by atomic mass is 16.6. The molecule has 0 aliphatic carbocycles. The van der Waals surface area contributed by atoms with Crippen LogP contribution in [0.15, 0.2) is 12.4 Å². The van der Waals surface area contributed by atoms with E-state index in [1.165, 1.54) is 0 Å². The molecule has 0 N–H and O–H groups in total. The lowest BCUT2D eigenvalue weighted by Crippen LogP contribution is -2.45. The SMILES string of the molecule is CC(C)(C)C(=O)N1CCC[C@H](c2cncc(N3C(=O)OCC3(C)C)n2)C1. The van der Waals surface area contributed by atoms with E-state index in [0.29, 0.717) is 19.0 Å². The Morgan fingerprint density at radius 2 is 2.04 bits per heavy atom. The third-order valence-corrected chi connectivity index (χ3v) is 4.97. The maximum atomic E-state index is 12.6. The minimum absolute atomic E-state index is 0.129. The fraction of sp³-hybridized carbons (Fsp3) is 0.684. The molecule has 1 atom stereocenters. The summed E-state index contributed by atoms with van der Waals surface area (Å²) in [6.45, 7) is 11.5. The molecule has 2 aliphatic rings. The monoisotopic (exact) mass is 360 g/mol. The lowest BCUT2D eigenvalue weighted by atomic mass is 9.90. The molecular formula is C19H28N4O3. The Balaban J connectivity index is 1.82. The van der Waals surface area contributed by atoms with Gasteiger partial charge in [0.25, 0.3) is 0 Å². The van der Waals surface area contributed by atoms with Gasteiger partial charge < -0.3 is 9.64 Å². The van der Waals surface area contributed by atoms with Crippen LogP contribution in [0.2, 0.25) is 0 Å². The standard InChI is InChI=1S/C19H28N4O3/c1-18(2,3)16(24)22-8-6-7-13(11-22)14-9-20-10-15(21-14)23-17(25)26-12-19(23,4)5/h9-10,13H,6-8,11-12H2,1-5H3/t13-/m0/s1. The summed E-state index contributed by atoms with van der Waals surface area (Å²) in [5.41, 5.74) is -0.0198. The van der Waals surface area contributed by atoms with E-state index in [9.17, 15) is 9.59 Å². The highest BCUT2D eigenvalue weighted by Crippen LogP contribution is 2.32. The van der Waals surface area contributed by atoms with Gasteiger partial charge in [0.15, 0.2) is 5.82 Å². The molecule has 2 amide bonds. The third kappa shape index (κ3) is 3.52. The largest absolute Gasteiger partial charge is 0.447 e. The fourth-order valence-electron chi connectivity index (χ4n) is 3.57. The molecular weight excluding hydrogens is 332 g/mol. The van der Waals surface area contributed by atoms with Crippen molar-refractivity contribution in [3.8, 4) is 0 Å². The molecule has 0 aromatic carbocycles. The highest BCUT2D eigenvalue weighted by Gasteiger charge is 2.42. The van der Waals surface area contributed by atoms with Crippen LogP contribution in [0.5, 0.6) is 0 Å². The molecule has 0 bridgehead atoms. The highest BCUT2D eigenvalue weighted by molar-refractivity contribution is 5.90. The molecule has 1 aromatic heterocycles. The van der Waals surface area contributed by atoms with Gasteiger partial charge in [0.2, 0.25) is 5.91 Å². The summed E-state index contributed by atoms with van der Waals surface area (Å²) < 4.78 is 5.17. The number of rotatable bonds is 2. The molecule has 0 saturated carbocycles. The Morgan fingerprint density at radius 3 is 2.65 bits per heavy atom. The molecule has 1 aromatic rings. The molecule has 3 rings (SSSR count). The minimum Gasteiger partial charge on any atom is -0.447 e. The molecule has 2 aliphatic heterocycles. The number of cyclic esters (lactones) is 1. The molecule has 142 valence electrons. The van der Waals surface area contributed by atoms with Gasteiger partial charge in [-0.25, -0.2) is 9.78 Å². The van der Waals surface area contributed by atoms with E-state index in [0.717, 1.165) is 25.1 Å². The van der Waals surface area contributed by atoms with Crippen LogP contribution in [0, 0.1) is 5.41 Å². The predicted molar refractivity (Wildman–Crippen MR) is 97.9 cm³/mol. The van der Waals surface area contributed by atoms with Gasteiger partial charge in [-0.2, -0.15) is 0 Å². The van der Waals surface area contributed by atoms with Gasteiger partial charge in [-0.15, -0.1) is 0 Å². The quantitative estimate of drug-likeness (QED) is 0.810. The number of ether oxygens (including phenoxy) is 1. The van der Waals surface area contributed by atoms with Gasteiger partial charge in [0.1, 0.15) is 6.61 Å². The average molecular weight is 360 g/mol. The van der Waals surface area contributed by atoms with Crippen LogP contribution < -0.4 is 4.90 Å². The van der Waals surface area contributed by atoms with Crippen molar-refractivity contribution < 1.29 is 14.3 Å². The minimum atomic E-state index is -0.453. The molecule has 7 nitrogen and oxygen atoms in total. The Labute approximate surface area is 154 Å². The number of carbonyl (C=O) groups excluding carboxylic acids is 2. The van der Waals surface area contributed by atoms with E-state index in [2.05, 4.69) is 4.98 Å². The van der Waals surface area contributed by atoms with Crippen LogP contribution in [0.1, 0.15) is 59.1 Å². The van der Waals surface area contributed by atoms with Crippen molar-refractivity contribution in [3.05, 3.63) is 18.1 Å². The number of hydrogen-bond donors (Lipinski definition) is 0. The Kier molecular flexibility index (Phi) is 4.67. The zero-order chi connectivity index (χ0) is 19.1. The Morgan fingerprint density at radius 1 is 1.31 bits per heavy atom. The first-order valence-corrected chi connectivity index (χ1v) is 9.18. The maximum Gasteiger partial charge on any atom is 0.416 e. The molecule has 0 radical (unpaired) electrons. The first-order chi connectivity index (χ1) is 12.1. The van der Waals surface area contributed by atoms with Crippen LogP contribution in [0.25, 0.3) is 0 Å². The Bertz CT molecular complexity index is 711. The van der Waals surface area contributed by atoms with Crippen LogP contribution in [-0.4, -0.2) is 52.1 Å². The third-order valence-electron chi connectivity index (χ3n) is 4.97. The van der Waals surface area contributed by atoms with Crippen molar-refractivity contribution in [2.24, 2.45) is 5.41 Å². The van der Waals surface area contributed by atoms with Crippen molar-refractivity contribution in [2.75, 3.05) is 24.6 Å². The van der Waals surface area contributed by atoms with Gasteiger partial charge in [0, 0.05) is 30.6 Å². The van der Waals surface area contributed by atoms with Crippen molar-refractivity contribution in [3.63, 3.8) is 0 Å². The van der Waals surface area contributed by atoms with Crippen LogP contribution in [0.4, 0.5) is 10.6 Å². The number of hydrogen-bond acceptors (Lipinski definition) is 5. The summed E-state index contributed by atoms with van der Waals surface area (Å²) in [5.74, 6) is 0.800. The van der Waals surface area contributed by atoms with Crippen LogP contribution in [0.3, 0.4) is 0 Å². The van der Waals surface area contributed by atoms with E-state index < -0.39 is 17.0 Å². The predicted octanol–water partition coefficient (Wildman–Crippen LogP) is 2.96. The zero-order valence-electron chi connectivity index (χ0n) is 16.3. The molecule has 3 heterocycles. The normalized spacial score (nSPS) is 23.1. The molecule has 0 unspecified atom stereocenters. The number of piperidine rings is 1. The van der Waals surface area contributed by atoms with E-state index in [-0.39, 0.29) is 11.8 Å². The first-order valence-electron chi connectivity index (χ1n) is 9.18. The van der Waals surface area contributed by atoms with Crippen molar-refractivity contribution in [1.29, 1.82) is 0 Å². The van der Waals surface area contributed by atoms with E-state index in [4.69, 9.17) is 9.72 Å². The smallest absolute Gasteiger partial charge is 0.416 e. The van der Waals surface area contributed by atoms with Gasteiger partial charge >= 0.3 is 6.09 Å². The maximum absolute atomic E-state index is 12.6. The lowest BCUT2D eigenvalue weighted by Gasteiger charge is -2.36. The number of likely N-dealkylation sites (tertiary alicyclic amines) is 1. The molecule has 2 saturated heterocycles. The molecule has 7 heteroatoms. The Hall–Kier alpha value is -2.18.